The molecule has 9 nitrogen and oxygen atoms in total. The molecule has 0 aromatic heterocycles. The lowest BCUT2D eigenvalue weighted by Crippen LogP contribution is -2.33. The molecule has 0 unspecified atom stereocenters. The van der Waals surface area contributed by atoms with Crippen molar-refractivity contribution >= 4 is 56.7 Å². The first-order chi connectivity index (χ1) is 15.7. The van der Waals surface area contributed by atoms with Crippen LogP contribution in [0.25, 0.3) is 0 Å². The number of aryl methyl sites for hydroxylation is 1. The fraction of sp³-hybridized carbons (Fsp3) is 0.318. The number of aromatic hydroxyl groups is 1. The molecule has 0 aliphatic carbocycles. The third-order valence-corrected chi connectivity index (χ3v) is 6.15. The van der Waals surface area contributed by atoms with Gasteiger partial charge >= 0.3 is 5.97 Å². The number of carbonyl (C=O) groups is 3. The number of hydrogen-bond donors (Lipinski definition) is 6. The first-order valence-electron chi connectivity index (χ1n) is 10.3. The van der Waals surface area contributed by atoms with E-state index in [0.29, 0.717) is 11.1 Å². The molecule has 0 bridgehead atoms. The Morgan fingerprint density at radius 3 is 2.73 bits per heavy atom. The summed E-state index contributed by atoms with van der Waals surface area (Å²) in [6.07, 6.45) is 2.17. The zero-order valence-corrected chi connectivity index (χ0v) is 19.9. The molecule has 0 spiro atoms. The number of carboxylic acid groups (broad SMARTS) is 1. The number of phenolic OH excluding ortho intramolecular Hbond substituents is 1. The summed E-state index contributed by atoms with van der Waals surface area (Å²) in [7, 11) is 0. The Morgan fingerprint density at radius 2 is 2.03 bits per heavy atom. The molecule has 0 saturated carbocycles. The van der Waals surface area contributed by atoms with Gasteiger partial charge in [-0.1, -0.05) is 17.7 Å². The third-order valence-electron chi connectivity index (χ3n) is 5.08. The van der Waals surface area contributed by atoms with E-state index in [0.717, 1.165) is 25.1 Å². The molecule has 6 N–H and O–H groups in total. The zero-order valence-electron chi connectivity index (χ0n) is 17.6. The highest BCUT2D eigenvalue weighted by Gasteiger charge is 2.19. The molecule has 2 aromatic rings. The van der Waals surface area contributed by atoms with Crippen molar-refractivity contribution in [3.8, 4) is 5.75 Å². The van der Waals surface area contributed by atoms with Gasteiger partial charge in [-0.2, -0.15) is 0 Å². The number of nitrogens with one attached hydrogen (secondary N) is 4. The van der Waals surface area contributed by atoms with Crippen molar-refractivity contribution < 1.29 is 24.6 Å². The molecule has 2 aromatic carbocycles. The Labute approximate surface area is 204 Å². The van der Waals surface area contributed by atoms with Gasteiger partial charge in [-0.15, -0.1) is 0 Å². The zero-order chi connectivity index (χ0) is 24.0. The molecule has 1 atom stereocenters. The number of anilines is 2. The number of carboxylic acids is 1. The van der Waals surface area contributed by atoms with Crippen LogP contribution in [0.1, 0.15) is 35.2 Å². The van der Waals surface area contributed by atoms with Gasteiger partial charge < -0.3 is 26.2 Å². The monoisotopic (exact) mass is 538 g/mol. The van der Waals surface area contributed by atoms with E-state index >= 15 is 0 Å². The average Bonchev–Trinajstić information content (AvgIpc) is 3.29. The van der Waals surface area contributed by atoms with Gasteiger partial charge in [-0.05, 0) is 71.6 Å². The van der Waals surface area contributed by atoms with E-state index in [1.807, 2.05) is 6.07 Å². The number of phenols is 1. The molecule has 1 aliphatic heterocycles. The molecular formula is C22H24BrClN4O5. The maximum absolute atomic E-state index is 12.5. The summed E-state index contributed by atoms with van der Waals surface area (Å²) in [4.78, 5) is 35.6. The Hall–Kier alpha value is -2.82. The van der Waals surface area contributed by atoms with Gasteiger partial charge in [0.15, 0.2) is 0 Å². The minimum absolute atomic E-state index is 0.0779. The lowest BCUT2D eigenvalue weighted by Gasteiger charge is -2.15. The summed E-state index contributed by atoms with van der Waals surface area (Å²) in [5.74, 6) is -2.18. The first-order valence-corrected chi connectivity index (χ1v) is 11.5. The largest absolute Gasteiger partial charge is 0.506 e. The molecule has 0 radical (unpaired) electrons. The smallest absolute Gasteiger partial charge is 0.303 e. The van der Waals surface area contributed by atoms with E-state index in [2.05, 4.69) is 37.2 Å². The topological polar surface area (TPSA) is 140 Å². The number of benzene rings is 2. The van der Waals surface area contributed by atoms with Crippen LogP contribution in [-0.4, -0.2) is 47.3 Å². The summed E-state index contributed by atoms with van der Waals surface area (Å²) < 4.78 is 0.134. The van der Waals surface area contributed by atoms with E-state index in [-0.39, 0.29) is 46.5 Å². The quantitative estimate of drug-likeness (QED) is 0.287. The van der Waals surface area contributed by atoms with Crippen LogP contribution in [0.2, 0.25) is 5.02 Å². The van der Waals surface area contributed by atoms with Gasteiger partial charge in [-0.3, -0.25) is 19.7 Å². The summed E-state index contributed by atoms with van der Waals surface area (Å²) >= 11 is 9.39. The van der Waals surface area contributed by atoms with E-state index in [9.17, 15) is 19.5 Å². The summed E-state index contributed by atoms with van der Waals surface area (Å²) in [6, 6.07) is 8.40. The Balaban J connectivity index is 1.58. The van der Waals surface area contributed by atoms with Crippen LogP contribution in [0, 0.1) is 0 Å². The van der Waals surface area contributed by atoms with Gasteiger partial charge in [0.25, 0.3) is 5.91 Å². The van der Waals surface area contributed by atoms with E-state index in [4.69, 9.17) is 16.7 Å². The normalized spacial score (nSPS) is 15.2. The van der Waals surface area contributed by atoms with E-state index in [1.165, 1.54) is 6.07 Å². The Kier molecular flexibility index (Phi) is 8.54. The number of carbonyl (C=O) groups excluding carboxylic acids is 2. The van der Waals surface area contributed by atoms with Gasteiger partial charge in [0.2, 0.25) is 5.91 Å². The van der Waals surface area contributed by atoms with Crippen molar-refractivity contribution in [1.82, 2.24) is 10.6 Å². The van der Waals surface area contributed by atoms with E-state index in [1.54, 1.807) is 18.2 Å². The lowest BCUT2D eigenvalue weighted by atomic mass is 10.1. The fourth-order valence-corrected chi connectivity index (χ4v) is 4.36. The van der Waals surface area contributed by atoms with Crippen LogP contribution < -0.4 is 21.3 Å². The van der Waals surface area contributed by atoms with Crippen molar-refractivity contribution in [3.63, 3.8) is 0 Å². The summed E-state index contributed by atoms with van der Waals surface area (Å²) in [5.41, 5.74) is 1.68. The number of hydrogen-bond acceptors (Lipinski definition) is 6. The Bertz CT molecular complexity index is 1060. The van der Waals surface area contributed by atoms with Gasteiger partial charge in [0.05, 0.1) is 27.9 Å². The average molecular weight is 540 g/mol. The van der Waals surface area contributed by atoms with Crippen molar-refractivity contribution in [2.75, 3.05) is 23.7 Å². The molecular weight excluding hydrogens is 516 g/mol. The summed E-state index contributed by atoms with van der Waals surface area (Å²) in [6.45, 7) is 0.640. The molecule has 176 valence electrons. The number of halogens is 2. The maximum atomic E-state index is 12.5. The van der Waals surface area contributed by atoms with Crippen molar-refractivity contribution in [2.45, 2.75) is 31.8 Å². The molecule has 3 rings (SSSR count). The predicted molar refractivity (Wildman–Crippen MR) is 129 cm³/mol. The molecule has 1 saturated heterocycles. The van der Waals surface area contributed by atoms with E-state index < -0.39 is 17.8 Å². The van der Waals surface area contributed by atoms with Crippen LogP contribution in [0.5, 0.6) is 5.75 Å². The lowest BCUT2D eigenvalue weighted by molar-refractivity contribution is -0.137. The highest BCUT2D eigenvalue weighted by atomic mass is 79.9. The van der Waals surface area contributed by atoms with Crippen molar-refractivity contribution in [2.24, 2.45) is 0 Å². The second-order valence-corrected chi connectivity index (χ2v) is 8.75. The first kappa shape index (κ1) is 24.8. The van der Waals surface area contributed by atoms with Crippen LogP contribution >= 0.6 is 27.5 Å². The predicted octanol–water partition coefficient (Wildman–Crippen LogP) is 3.32. The van der Waals surface area contributed by atoms with Gasteiger partial charge in [-0.25, -0.2) is 0 Å². The highest BCUT2D eigenvalue weighted by molar-refractivity contribution is 9.10. The van der Waals surface area contributed by atoms with Crippen LogP contribution in [0.3, 0.4) is 0 Å². The minimum atomic E-state index is -1.01. The molecule has 2 amide bonds. The second kappa shape index (κ2) is 11.4. The SMILES string of the molecule is O=C(O)CCc1cc(Cl)c(NC(=O)CNC(=O)c2cccc(N[C@H]3CCCN3)c2)c(Br)c1O. The van der Waals surface area contributed by atoms with Gasteiger partial charge in [0, 0.05) is 17.7 Å². The second-order valence-electron chi connectivity index (χ2n) is 7.55. The van der Waals surface area contributed by atoms with Crippen LogP contribution in [0.4, 0.5) is 11.4 Å². The standard InChI is InChI=1S/C22H24BrClN4O5/c23-19-20(15(24)10-12(21(19)32)6-7-18(30)31)28-17(29)11-26-22(33)13-3-1-4-14(9-13)27-16-5-2-8-25-16/h1,3-4,9-10,16,25,27,32H,2,5-8,11H2,(H,26,33)(H,28,29)(H,30,31)/t16-/m0/s1. The van der Waals surface area contributed by atoms with Crippen molar-refractivity contribution in [3.05, 3.63) is 51.0 Å². The molecule has 1 heterocycles. The number of amides is 2. The molecule has 11 heteroatoms. The van der Waals surface area contributed by atoms with Crippen LogP contribution in [0.15, 0.2) is 34.8 Å². The molecule has 1 fully saturated rings. The van der Waals surface area contributed by atoms with Crippen molar-refractivity contribution in [1.29, 1.82) is 0 Å². The Morgan fingerprint density at radius 1 is 1.24 bits per heavy atom. The van der Waals surface area contributed by atoms with Gasteiger partial charge in [0.1, 0.15) is 5.75 Å². The molecule has 33 heavy (non-hydrogen) atoms. The highest BCUT2D eigenvalue weighted by Crippen LogP contribution is 2.40. The maximum Gasteiger partial charge on any atom is 0.303 e. The minimum Gasteiger partial charge on any atom is -0.506 e. The molecule has 1 aliphatic rings. The van der Waals surface area contributed by atoms with Crippen LogP contribution in [-0.2, 0) is 16.0 Å². The fourth-order valence-electron chi connectivity index (χ4n) is 3.41. The number of aliphatic carboxylic acids is 1. The number of rotatable bonds is 9. The third kappa shape index (κ3) is 6.83. The summed E-state index contributed by atoms with van der Waals surface area (Å²) in [5, 5.41) is 31.0.